The number of rotatable bonds is 8. The SMILES string of the molecule is CCCn1ncc(OC)c1C(CC1=CCCCC1)NCC. The van der Waals surface area contributed by atoms with E-state index in [-0.39, 0.29) is 0 Å². The van der Waals surface area contributed by atoms with Gasteiger partial charge in [-0.1, -0.05) is 25.5 Å². The Bertz CT molecular complexity index is 465. The van der Waals surface area contributed by atoms with Gasteiger partial charge < -0.3 is 10.1 Å². The lowest BCUT2D eigenvalue weighted by atomic mass is 9.93. The van der Waals surface area contributed by atoms with Crippen molar-refractivity contribution in [3.05, 3.63) is 23.5 Å². The number of aromatic nitrogens is 2. The lowest BCUT2D eigenvalue weighted by Gasteiger charge is -2.23. The van der Waals surface area contributed by atoms with Gasteiger partial charge in [0.2, 0.25) is 0 Å². The van der Waals surface area contributed by atoms with Crippen LogP contribution in [0.25, 0.3) is 0 Å². The first-order chi connectivity index (χ1) is 10.3. The summed E-state index contributed by atoms with van der Waals surface area (Å²) in [4.78, 5) is 0. The van der Waals surface area contributed by atoms with Crippen LogP contribution in [0.15, 0.2) is 17.8 Å². The summed E-state index contributed by atoms with van der Waals surface area (Å²) in [5, 5.41) is 8.13. The van der Waals surface area contributed by atoms with E-state index in [2.05, 4.69) is 35.0 Å². The lowest BCUT2D eigenvalue weighted by molar-refractivity contribution is 0.388. The van der Waals surface area contributed by atoms with Crippen LogP contribution in [-0.4, -0.2) is 23.4 Å². The summed E-state index contributed by atoms with van der Waals surface area (Å²) in [6, 6.07) is 0.295. The number of allylic oxidation sites excluding steroid dienone is 1. The lowest BCUT2D eigenvalue weighted by Crippen LogP contribution is -2.25. The van der Waals surface area contributed by atoms with Crippen molar-refractivity contribution in [3.8, 4) is 5.75 Å². The maximum absolute atomic E-state index is 5.55. The van der Waals surface area contributed by atoms with Crippen LogP contribution in [0, 0.1) is 0 Å². The fourth-order valence-electron chi connectivity index (χ4n) is 3.14. The molecule has 0 saturated carbocycles. The summed E-state index contributed by atoms with van der Waals surface area (Å²) < 4.78 is 7.65. The maximum Gasteiger partial charge on any atom is 0.161 e. The second-order valence-electron chi connectivity index (χ2n) is 5.74. The smallest absolute Gasteiger partial charge is 0.161 e. The predicted octanol–water partition coefficient (Wildman–Crippen LogP) is 3.84. The first kappa shape index (κ1) is 16.1. The third-order valence-electron chi connectivity index (χ3n) is 4.13. The molecule has 1 heterocycles. The van der Waals surface area contributed by atoms with E-state index in [1.54, 1.807) is 12.7 Å². The molecule has 21 heavy (non-hydrogen) atoms. The quantitative estimate of drug-likeness (QED) is 0.740. The Kier molecular flexibility index (Phi) is 6.30. The van der Waals surface area contributed by atoms with Gasteiger partial charge in [-0.15, -0.1) is 0 Å². The highest BCUT2D eigenvalue weighted by Crippen LogP contribution is 2.32. The van der Waals surface area contributed by atoms with Crippen LogP contribution >= 0.6 is 0 Å². The van der Waals surface area contributed by atoms with Crippen LogP contribution in [0.1, 0.15) is 64.1 Å². The Morgan fingerprint density at radius 3 is 2.86 bits per heavy atom. The van der Waals surface area contributed by atoms with E-state index >= 15 is 0 Å². The third-order valence-corrected chi connectivity index (χ3v) is 4.13. The van der Waals surface area contributed by atoms with Crippen LogP contribution in [0.5, 0.6) is 5.75 Å². The fourth-order valence-corrected chi connectivity index (χ4v) is 3.14. The topological polar surface area (TPSA) is 39.1 Å². The van der Waals surface area contributed by atoms with E-state index < -0.39 is 0 Å². The maximum atomic E-state index is 5.55. The van der Waals surface area contributed by atoms with Crippen molar-refractivity contribution in [3.63, 3.8) is 0 Å². The predicted molar refractivity (Wildman–Crippen MR) is 86.7 cm³/mol. The van der Waals surface area contributed by atoms with Gasteiger partial charge in [0.15, 0.2) is 5.75 Å². The number of hydrogen-bond donors (Lipinski definition) is 1. The number of ether oxygens (including phenoxy) is 1. The molecule has 1 aromatic rings. The van der Waals surface area contributed by atoms with Gasteiger partial charge in [0.25, 0.3) is 0 Å². The molecule has 2 rings (SSSR count). The van der Waals surface area contributed by atoms with E-state index in [0.717, 1.165) is 31.7 Å². The van der Waals surface area contributed by atoms with Gasteiger partial charge >= 0.3 is 0 Å². The van der Waals surface area contributed by atoms with Gasteiger partial charge in [-0.25, -0.2) is 0 Å². The second-order valence-corrected chi connectivity index (χ2v) is 5.74. The second kappa shape index (κ2) is 8.23. The van der Waals surface area contributed by atoms with Crippen LogP contribution in [0.2, 0.25) is 0 Å². The Morgan fingerprint density at radius 1 is 1.38 bits per heavy atom. The first-order valence-corrected chi connectivity index (χ1v) is 8.31. The highest BCUT2D eigenvalue weighted by molar-refractivity contribution is 5.30. The minimum absolute atomic E-state index is 0.295. The van der Waals surface area contributed by atoms with Gasteiger partial charge in [-0.2, -0.15) is 5.10 Å². The molecule has 118 valence electrons. The van der Waals surface area contributed by atoms with Gasteiger partial charge in [0.1, 0.15) is 0 Å². The van der Waals surface area contributed by atoms with E-state index in [1.807, 2.05) is 6.20 Å². The first-order valence-electron chi connectivity index (χ1n) is 8.31. The summed E-state index contributed by atoms with van der Waals surface area (Å²) >= 11 is 0. The van der Waals surface area contributed by atoms with Crippen molar-refractivity contribution >= 4 is 0 Å². The molecular weight excluding hydrogens is 262 g/mol. The van der Waals surface area contributed by atoms with Crippen LogP contribution in [0.3, 0.4) is 0 Å². The summed E-state index contributed by atoms with van der Waals surface area (Å²) in [5.74, 6) is 0.908. The molecule has 1 aromatic heterocycles. The van der Waals surface area contributed by atoms with Gasteiger partial charge in [0, 0.05) is 6.54 Å². The molecular formula is C17H29N3O. The summed E-state index contributed by atoms with van der Waals surface area (Å²) in [7, 11) is 1.74. The van der Waals surface area contributed by atoms with E-state index in [9.17, 15) is 0 Å². The molecule has 1 aliphatic carbocycles. The van der Waals surface area contributed by atoms with Crippen molar-refractivity contribution in [2.24, 2.45) is 0 Å². The average Bonchev–Trinajstić information content (AvgIpc) is 2.91. The Labute approximate surface area is 128 Å². The molecule has 0 aromatic carbocycles. The highest BCUT2D eigenvalue weighted by atomic mass is 16.5. The van der Waals surface area contributed by atoms with Gasteiger partial charge in [0.05, 0.1) is 25.0 Å². The number of nitrogens with zero attached hydrogens (tertiary/aromatic N) is 2. The molecule has 0 amide bonds. The Balaban J connectivity index is 2.23. The molecule has 1 N–H and O–H groups in total. The number of hydrogen-bond acceptors (Lipinski definition) is 3. The summed E-state index contributed by atoms with van der Waals surface area (Å²) in [6.45, 7) is 6.25. The largest absolute Gasteiger partial charge is 0.493 e. The van der Waals surface area contributed by atoms with E-state index in [0.29, 0.717) is 6.04 Å². The minimum Gasteiger partial charge on any atom is -0.493 e. The molecule has 0 fully saturated rings. The standard InChI is InChI=1S/C17H29N3O/c1-4-11-20-17(16(21-3)13-19-20)15(18-5-2)12-14-9-7-6-8-10-14/h9,13,15,18H,4-8,10-12H2,1-3H3. The molecule has 4 nitrogen and oxygen atoms in total. The molecule has 0 spiro atoms. The van der Waals surface area contributed by atoms with Gasteiger partial charge in [-0.3, -0.25) is 4.68 Å². The zero-order valence-corrected chi connectivity index (χ0v) is 13.7. The number of methoxy groups -OCH3 is 1. The average molecular weight is 291 g/mol. The fraction of sp³-hybridized carbons (Fsp3) is 0.706. The van der Waals surface area contributed by atoms with Crippen molar-refractivity contribution < 1.29 is 4.74 Å². The summed E-state index contributed by atoms with van der Waals surface area (Å²) in [6.07, 6.45) is 11.6. The number of aryl methyl sites for hydroxylation is 1. The van der Waals surface area contributed by atoms with Crippen molar-refractivity contribution in [1.29, 1.82) is 0 Å². The van der Waals surface area contributed by atoms with Gasteiger partial charge in [-0.05, 0) is 45.1 Å². The Hall–Kier alpha value is -1.29. The molecule has 0 radical (unpaired) electrons. The van der Waals surface area contributed by atoms with Crippen molar-refractivity contribution in [2.45, 2.75) is 65.0 Å². The Morgan fingerprint density at radius 2 is 2.24 bits per heavy atom. The molecule has 1 unspecified atom stereocenters. The van der Waals surface area contributed by atoms with Crippen LogP contribution in [0.4, 0.5) is 0 Å². The molecule has 4 heteroatoms. The number of nitrogens with one attached hydrogen (secondary N) is 1. The monoisotopic (exact) mass is 291 g/mol. The molecule has 0 saturated heterocycles. The molecule has 0 bridgehead atoms. The van der Waals surface area contributed by atoms with Crippen LogP contribution in [-0.2, 0) is 6.54 Å². The third kappa shape index (κ3) is 4.10. The zero-order valence-electron chi connectivity index (χ0n) is 13.7. The van der Waals surface area contributed by atoms with E-state index in [1.165, 1.54) is 31.4 Å². The molecule has 0 aliphatic heterocycles. The minimum atomic E-state index is 0.295. The zero-order chi connectivity index (χ0) is 15.1. The normalized spacial score (nSPS) is 16.6. The van der Waals surface area contributed by atoms with Crippen molar-refractivity contribution in [2.75, 3.05) is 13.7 Å². The molecule has 1 aliphatic rings. The van der Waals surface area contributed by atoms with Crippen LogP contribution < -0.4 is 10.1 Å². The summed E-state index contributed by atoms with van der Waals surface area (Å²) in [5.41, 5.74) is 2.78. The highest BCUT2D eigenvalue weighted by Gasteiger charge is 2.22. The molecule has 1 atom stereocenters. The van der Waals surface area contributed by atoms with Crippen molar-refractivity contribution in [1.82, 2.24) is 15.1 Å². The van der Waals surface area contributed by atoms with E-state index in [4.69, 9.17) is 4.74 Å².